The van der Waals surface area contributed by atoms with Crippen LogP contribution in [0, 0.1) is 12.7 Å². The Morgan fingerprint density at radius 3 is 2.92 bits per heavy atom. The molecule has 2 atom stereocenters. The number of carbonyl (C=O) groups is 1. The molecule has 2 unspecified atom stereocenters. The van der Waals surface area contributed by atoms with Crippen molar-refractivity contribution in [2.24, 2.45) is 0 Å². The maximum Gasteiger partial charge on any atom is 0.247 e. The Hall–Kier alpha value is -2.44. The average Bonchev–Trinajstić information content (AvgIpc) is 3.28. The second-order valence-corrected chi connectivity index (χ2v) is 6.62. The van der Waals surface area contributed by atoms with Gasteiger partial charge in [0.2, 0.25) is 5.91 Å². The Balaban J connectivity index is 1.47. The van der Waals surface area contributed by atoms with Crippen LogP contribution in [0.3, 0.4) is 0 Å². The molecule has 4 N–H and O–H groups in total. The minimum Gasteiger partial charge on any atom is -0.373 e. The van der Waals surface area contributed by atoms with Crippen molar-refractivity contribution in [2.75, 3.05) is 23.8 Å². The van der Waals surface area contributed by atoms with Crippen molar-refractivity contribution >= 4 is 17.3 Å². The van der Waals surface area contributed by atoms with Crippen molar-refractivity contribution in [3.8, 4) is 0 Å². The molecule has 1 fully saturated rings. The number of rotatable bonds is 3. The number of anilines is 2. The Labute approximate surface area is 146 Å². The summed E-state index contributed by atoms with van der Waals surface area (Å²) in [7, 11) is 0. The van der Waals surface area contributed by atoms with Crippen LogP contribution in [-0.2, 0) is 11.2 Å². The molecule has 0 bridgehead atoms. The van der Waals surface area contributed by atoms with Crippen molar-refractivity contribution in [1.29, 1.82) is 0 Å². The number of halogens is 1. The van der Waals surface area contributed by atoms with Crippen LogP contribution in [0.25, 0.3) is 0 Å². The molecule has 0 radical (unpaired) electrons. The van der Waals surface area contributed by atoms with Crippen LogP contribution < -0.4 is 21.3 Å². The van der Waals surface area contributed by atoms with Crippen LogP contribution >= 0.6 is 0 Å². The minimum atomic E-state index is -0.458. The van der Waals surface area contributed by atoms with Crippen LogP contribution in [0.15, 0.2) is 36.4 Å². The first kappa shape index (κ1) is 16.1. The zero-order valence-corrected chi connectivity index (χ0v) is 14.0. The Kier molecular flexibility index (Phi) is 4.15. The molecule has 130 valence electrons. The fraction of sp³-hybridized carbons (Fsp3) is 0.316. The van der Waals surface area contributed by atoms with Gasteiger partial charge in [-0.2, -0.15) is 0 Å². The number of hydrogen-bond acceptors (Lipinski definition) is 4. The van der Waals surface area contributed by atoms with Crippen molar-refractivity contribution in [2.45, 2.75) is 25.4 Å². The van der Waals surface area contributed by atoms with Crippen LogP contribution in [0.4, 0.5) is 15.8 Å². The van der Waals surface area contributed by atoms with E-state index in [9.17, 15) is 9.18 Å². The molecular formula is C19H21FN4O. The van der Waals surface area contributed by atoms with Gasteiger partial charge in [0.25, 0.3) is 0 Å². The smallest absolute Gasteiger partial charge is 0.247 e. The van der Waals surface area contributed by atoms with Crippen molar-refractivity contribution < 1.29 is 9.18 Å². The number of amides is 1. The first-order valence-electron chi connectivity index (χ1n) is 8.51. The van der Waals surface area contributed by atoms with Gasteiger partial charge in [-0.15, -0.1) is 0 Å². The predicted molar refractivity (Wildman–Crippen MR) is 96.1 cm³/mol. The fourth-order valence-electron chi connectivity index (χ4n) is 3.51. The molecule has 0 saturated carbocycles. The predicted octanol–water partition coefficient (Wildman–Crippen LogP) is 2.30. The van der Waals surface area contributed by atoms with Gasteiger partial charge >= 0.3 is 0 Å². The van der Waals surface area contributed by atoms with Gasteiger partial charge in [-0.1, -0.05) is 18.2 Å². The number of benzene rings is 2. The molecule has 0 aromatic heterocycles. The molecule has 1 saturated heterocycles. The monoisotopic (exact) mass is 340 g/mol. The van der Waals surface area contributed by atoms with Crippen LogP contribution in [0.5, 0.6) is 0 Å². The first-order valence-corrected chi connectivity index (χ1v) is 8.51. The van der Waals surface area contributed by atoms with E-state index in [1.54, 1.807) is 6.07 Å². The molecule has 5 nitrogen and oxygen atoms in total. The van der Waals surface area contributed by atoms with Gasteiger partial charge < -0.3 is 16.0 Å². The highest BCUT2D eigenvalue weighted by Gasteiger charge is 2.30. The maximum atomic E-state index is 14.0. The van der Waals surface area contributed by atoms with Gasteiger partial charge in [-0.3, -0.25) is 10.1 Å². The average molecular weight is 340 g/mol. The highest BCUT2D eigenvalue weighted by Crippen LogP contribution is 2.32. The summed E-state index contributed by atoms with van der Waals surface area (Å²) in [6.07, 6.45) is 0.364. The lowest BCUT2D eigenvalue weighted by molar-refractivity contribution is -0.116. The maximum absolute atomic E-state index is 14.0. The molecule has 2 aliphatic rings. The van der Waals surface area contributed by atoms with Gasteiger partial charge in [0.15, 0.2) is 0 Å². The molecule has 6 heteroatoms. The third-order valence-electron chi connectivity index (χ3n) is 4.89. The summed E-state index contributed by atoms with van der Waals surface area (Å²) in [5.41, 5.74) is 4.18. The Morgan fingerprint density at radius 1 is 1.28 bits per heavy atom. The number of fused-ring (bicyclic) bond motifs is 1. The van der Waals surface area contributed by atoms with E-state index < -0.39 is 6.04 Å². The summed E-state index contributed by atoms with van der Waals surface area (Å²) < 4.78 is 14.0. The minimum absolute atomic E-state index is 0.148. The van der Waals surface area contributed by atoms with E-state index in [1.807, 2.05) is 31.2 Å². The molecule has 2 aromatic carbocycles. The molecule has 1 amide bonds. The van der Waals surface area contributed by atoms with E-state index in [4.69, 9.17) is 0 Å². The fourth-order valence-corrected chi connectivity index (χ4v) is 3.51. The summed E-state index contributed by atoms with van der Waals surface area (Å²) in [6, 6.07) is 10.8. The van der Waals surface area contributed by atoms with Crippen LogP contribution in [0.2, 0.25) is 0 Å². The molecule has 25 heavy (non-hydrogen) atoms. The molecule has 0 aliphatic carbocycles. The third kappa shape index (κ3) is 3.10. The van der Waals surface area contributed by atoms with E-state index in [-0.39, 0.29) is 17.8 Å². The third-order valence-corrected chi connectivity index (χ3v) is 4.89. The molecule has 4 rings (SSSR count). The van der Waals surface area contributed by atoms with Gasteiger partial charge in [-0.25, -0.2) is 4.39 Å². The Bertz CT molecular complexity index is 786. The number of hydrogen-bond donors (Lipinski definition) is 4. The van der Waals surface area contributed by atoms with Crippen molar-refractivity contribution in [3.05, 3.63) is 58.9 Å². The zero-order valence-electron chi connectivity index (χ0n) is 14.0. The second-order valence-electron chi connectivity index (χ2n) is 6.62. The lowest BCUT2D eigenvalue weighted by Crippen LogP contribution is -2.33. The second kappa shape index (κ2) is 6.46. The van der Waals surface area contributed by atoms with Crippen molar-refractivity contribution in [3.63, 3.8) is 0 Å². The zero-order chi connectivity index (χ0) is 17.4. The molecular weight excluding hydrogens is 319 g/mol. The van der Waals surface area contributed by atoms with E-state index in [2.05, 4.69) is 21.3 Å². The summed E-state index contributed by atoms with van der Waals surface area (Å²) >= 11 is 0. The summed E-state index contributed by atoms with van der Waals surface area (Å²) in [6.45, 7) is 3.57. The van der Waals surface area contributed by atoms with Crippen LogP contribution in [-0.4, -0.2) is 25.2 Å². The number of nitrogens with one attached hydrogen (secondary N) is 4. The van der Waals surface area contributed by atoms with Gasteiger partial charge in [0.05, 0.1) is 0 Å². The van der Waals surface area contributed by atoms with Crippen LogP contribution in [0.1, 0.15) is 22.7 Å². The summed E-state index contributed by atoms with van der Waals surface area (Å²) in [5.74, 6) is -0.408. The van der Waals surface area contributed by atoms with Gasteiger partial charge in [0.1, 0.15) is 11.9 Å². The highest BCUT2D eigenvalue weighted by atomic mass is 19.1. The Morgan fingerprint density at radius 2 is 2.16 bits per heavy atom. The van der Waals surface area contributed by atoms with E-state index >= 15 is 0 Å². The molecule has 2 aromatic rings. The molecule has 2 heterocycles. The standard InChI is InChI=1S/C19H21FN4O/c1-11-5-6-15(20)14-8-16(24-18(11)14)19(25)23-13-4-2-3-12(7-13)17-9-21-10-22-17/h2-7,16-17,21-22,24H,8-10H2,1H3,(H,23,25). The van der Waals surface area contributed by atoms with Gasteiger partial charge in [0, 0.05) is 42.6 Å². The topological polar surface area (TPSA) is 65.2 Å². The molecule has 0 spiro atoms. The van der Waals surface area contributed by atoms with Gasteiger partial charge in [-0.05, 0) is 36.2 Å². The normalized spacial score (nSPS) is 21.7. The number of aryl methyl sites for hydroxylation is 1. The van der Waals surface area contributed by atoms with E-state index in [0.29, 0.717) is 12.0 Å². The summed E-state index contributed by atoms with van der Waals surface area (Å²) in [5, 5.41) is 12.7. The van der Waals surface area contributed by atoms with E-state index in [1.165, 1.54) is 6.07 Å². The SMILES string of the molecule is Cc1ccc(F)c2c1NC(C(=O)Nc1cccc(C3CNCN3)c1)C2. The largest absolute Gasteiger partial charge is 0.373 e. The molecule has 2 aliphatic heterocycles. The highest BCUT2D eigenvalue weighted by molar-refractivity contribution is 5.98. The summed E-state index contributed by atoms with van der Waals surface area (Å²) in [4.78, 5) is 12.6. The lowest BCUT2D eigenvalue weighted by atomic mass is 10.1. The van der Waals surface area contributed by atoms with E-state index in [0.717, 1.165) is 35.7 Å². The lowest BCUT2D eigenvalue weighted by Gasteiger charge is -2.15. The first-order chi connectivity index (χ1) is 12.1. The quantitative estimate of drug-likeness (QED) is 0.692. The number of carbonyl (C=O) groups excluding carboxylic acids is 1. The van der Waals surface area contributed by atoms with Crippen molar-refractivity contribution in [1.82, 2.24) is 10.6 Å².